The van der Waals surface area contributed by atoms with E-state index in [1.165, 1.54) is 0 Å². The van der Waals surface area contributed by atoms with Gasteiger partial charge in [0.05, 0.1) is 13.0 Å². The first-order chi connectivity index (χ1) is 7.47. The van der Waals surface area contributed by atoms with Gasteiger partial charge in [0.2, 0.25) is 0 Å². The Morgan fingerprint density at radius 1 is 1.44 bits per heavy atom. The zero-order valence-electron chi connectivity index (χ0n) is 9.53. The van der Waals surface area contributed by atoms with Gasteiger partial charge in [-0.05, 0) is 24.1 Å². The van der Waals surface area contributed by atoms with Crippen molar-refractivity contribution in [3.8, 4) is 5.75 Å². The summed E-state index contributed by atoms with van der Waals surface area (Å²) in [5.74, 6) is -0.746. The zero-order chi connectivity index (χ0) is 12.3. The number of hydrogen-bond acceptors (Lipinski definition) is 2. The van der Waals surface area contributed by atoms with Gasteiger partial charge in [0, 0.05) is 10.0 Å². The Hall–Kier alpha value is -1.03. The van der Waals surface area contributed by atoms with Crippen LogP contribution in [0.25, 0.3) is 0 Å². The first kappa shape index (κ1) is 13.0. The largest absolute Gasteiger partial charge is 0.496 e. The van der Waals surface area contributed by atoms with Crippen molar-refractivity contribution in [3.63, 3.8) is 0 Å². The highest BCUT2D eigenvalue weighted by atomic mass is 79.9. The summed E-state index contributed by atoms with van der Waals surface area (Å²) in [5.41, 5.74) is 0.708. The predicted octanol–water partition coefficient (Wildman–Crippen LogP) is 3.28. The van der Waals surface area contributed by atoms with Gasteiger partial charge in [-0.1, -0.05) is 29.8 Å². The normalized spacial score (nSPS) is 12.6. The van der Waals surface area contributed by atoms with Crippen molar-refractivity contribution in [2.24, 2.45) is 5.92 Å². The molecule has 1 N–H and O–H groups in total. The molecule has 0 aliphatic rings. The fourth-order valence-electron chi connectivity index (χ4n) is 1.73. The van der Waals surface area contributed by atoms with Crippen LogP contribution in [-0.2, 0) is 4.79 Å². The maximum absolute atomic E-state index is 11.2. The highest BCUT2D eigenvalue weighted by Gasteiger charge is 2.26. The number of carboxylic acid groups (broad SMARTS) is 1. The molecule has 0 radical (unpaired) electrons. The molecule has 0 heterocycles. The van der Waals surface area contributed by atoms with Crippen molar-refractivity contribution in [1.29, 1.82) is 0 Å². The highest BCUT2D eigenvalue weighted by Crippen LogP contribution is 2.34. The molecule has 0 spiro atoms. The molecule has 0 aromatic heterocycles. The van der Waals surface area contributed by atoms with Crippen LogP contribution >= 0.6 is 15.9 Å². The summed E-state index contributed by atoms with van der Waals surface area (Å²) in [7, 11) is 1.55. The molecule has 0 bridgehead atoms. The topological polar surface area (TPSA) is 46.5 Å². The van der Waals surface area contributed by atoms with Crippen molar-refractivity contribution < 1.29 is 14.6 Å². The number of carboxylic acids is 1. The molecule has 0 aliphatic heterocycles. The summed E-state index contributed by atoms with van der Waals surface area (Å²) in [6.07, 6.45) is 0. The summed E-state index contributed by atoms with van der Waals surface area (Å²) in [4.78, 5) is 11.2. The molecule has 0 saturated carbocycles. The summed E-state index contributed by atoms with van der Waals surface area (Å²) >= 11 is 3.34. The number of ether oxygens (including phenoxy) is 1. The van der Waals surface area contributed by atoms with Crippen LogP contribution in [0.1, 0.15) is 25.3 Å². The van der Waals surface area contributed by atoms with Gasteiger partial charge < -0.3 is 9.84 Å². The second kappa shape index (κ2) is 5.34. The molecule has 0 fully saturated rings. The lowest BCUT2D eigenvalue weighted by molar-refractivity contribution is -0.139. The van der Waals surface area contributed by atoms with Crippen LogP contribution in [0.15, 0.2) is 22.7 Å². The number of benzene rings is 1. The minimum atomic E-state index is -0.827. The van der Waals surface area contributed by atoms with E-state index in [4.69, 9.17) is 4.74 Å². The average Bonchev–Trinajstić information content (AvgIpc) is 2.17. The third-order valence-corrected chi connectivity index (χ3v) is 2.95. The van der Waals surface area contributed by atoms with Gasteiger partial charge in [-0.3, -0.25) is 4.79 Å². The maximum atomic E-state index is 11.2. The van der Waals surface area contributed by atoms with Crippen molar-refractivity contribution in [2.45, 2.75) is 19.8 Å². The summed E-state index contributed by atoms with van der Waals surface area (Å²) < 4.78 is 6.05. The van der Waals surface area contributed by atoms with Crippen molar-refractivity contribution in [3.05, 3.63) is 28.2 Å². The molecule has 0 amide bonds. The molecule has 1 unspecified atom stereocenters. The number of halogens is 1. The van der Waals surface area contributed by atoms with E-state index in [0.29, 0.717) is 11.3 Å². The minimum Gasteiger partial charge on any atom is -0.496 e. The zero-order valence-corrected chi connectivity index (χ0v) is 11.1. The second-order valence-electron chi connectivity index (χ2n) is 3.95. The first-order valence-corrected chi connectivity index (χ1v) is 5.83. The van der Waals surface area contributed by atoms with E-state index in [2.05, 4.69) is 15.9 Å². The Labute approximate surface area is 104 Å². The van der Waals surface area contributed by atoms with E-state index in [-0.39, 0.29) is 5.92 Å². The molecule has 1 atom stereocenters. The van der Waals surface area contributed by atoms with Crippen LogP contribution in [0.4, 0.5) is 0 Å². The standard InChI is InChI=1S/C12H15BrO3/c1-7(2)11(12(14)15)9-6-8(13)4-5-10(9)16-3/h4-7,11H,1-3H3,(H,14,15). The molecule has 1 aromatic carbocycles. The van der Waals surface area contributed by atoms with Gasteiger partial charge in [0.25, 0.3) is 0 Å². The van der Waals surface area contributed by atoms with Crippen molar-refractivity contribution in [1.82, 2.24) is 0 Å². The second-order valence-corrected chi connectivity index (χ2v) is 4.86. The summed E-state index contributed by atoms with van der Waals surface area (Å²) in [6.45, 7) is 3.78. The molecule has 88 valence electrons. The lowest BCUT2D eigenvalue weighted by Crippen LogP contribution is -2.18. The van der Waals surface area contributed by atoms with Gasteiger partial charge in [-0.2, -0.15) is 0 Å². The van der Waals surface area contributed by atoms with Crippen LogP contribution in [0.5, 0.6) is 5.75 Å². The molecular formula is C12H15BrO3. The Bertz CT molecular complexity index is 388. The predicted molar refractivity (Wildman–Crippen MR) is 65.9 cm³/mol. The van der Waals surface area contributed by atoms with Crippen LogP contribution in [0.2, 0.25) is 0 Å². The molecule has 0 aliphatic carbocycles. The lowest BCUT2D eigenvalue weighted by atomic mass is 9.88. The fraction of sp³-hybridized carbons (Fsp3) is 0.417. The Morgan fingerprint density at radius 3 is 2.50 bits per heavy atom. The van der Waals surface area contributed by atoms with Crippen molar-refractivity contribution in [2.75, 3.05) is 7.11 Å². The fourth-order valence-corrected chi connectivity index (χ4v) is 2.10. The number of rotatable bonds is 4. The highest BCUT2D eigenvalue weighted by molar-refractivity contribution is 9.10. The van der Waals surface area contributed by atoms with E-state index in [1.54, 1.807) is 19.2 Å². The van der Waals surface area contributed by atoms with E-state index in [0.717, 1.165) is 4.47 Å². The number of carbonyl (C=O) groups is 1. The maximum Gasteiger partial charge on any atom is 0.311 e. The smallest absolute Gasteiger partial charge is 0.311 e. The third kappa shape index (κ3) is 2.76. The van der Waals surface area contributed by atoms with Gasteiger partial charge in [0.1, 0.15) is 5.75 Å². The number of aliphatic carboxylic acids is 1. The lowest BCUT2D eigenvalue weighted by Gasteiger charge is -2.19. The third-order valence-electron chi connectivity index (χ3n) is 2.46. The van der Waals surface area contributed by atoms with Gasteiger partial charge in [0.15, 0.2) is 0 Å². The van der Waals surface area contributed by atoms with E-state index in [1.807, 2.05) is 19.9 Å². The van der Waals surface area contributed by atoms with E-state index < -0.39 is 11.9 Å². The van der Waals surface area contributed by atoms with Crippen molar-refractivity contribution >= 4 is 21.9 Å². The Kier molecular flexibility index (Phi) is 4.35. The minimum absolute atomic E-state index is 0.0145. The molecule has 1 aromatic rings. The molecule has 4 heteroatoms. The average molecular weight is 287 g/mol. The SMILES string of the molecule is COc1ccc(Br)cc1C(C(=O)O)C(C)C. The van der Waals surface area contributed by atoms with Crippen LogP contribution < -0.4 is 4.74 Å². The Balaban J connectivity index is 3.26. The quantitative estimate of drug-likeness (QED) is 0.924. The van der Waals surface area contributed by atoms with Crippen LogP contribution in [-0.4, -0.2) is 18.2 Å². The number of methoxy groups -OCH3 is 1. The molecule has 1 rings (SSSR count). The van der Waals surface area contributed by atoms with Gasteiger partial charge in [-0.15, -0.1) is 0 Å². The van der Waals surface area contributed by atoms with Crippen LogP contribution in [0, 0.1) is 5.92 Å². The molecule has 3 nitrogen and oxygen atoms in total. The van der Waals surface area contributed by atoms with E-state index >= 15 is 0 Å². The van der Waals surface area contributed by atoms with Crippen LogP contribution in [0.3, 0.4) is 0 Å². The van der Waals surface area contributed by atoms with Gasteiger partial charge in [-0.25, -0.2) is 0 Å². The molecular weight excluding hydrogens is 272 g/mol. The molecule has 16 heavy (non-hydrogen) atoms. The summed E-state index contributed by atoms with van der Waals surface area (Å²) in [6, 6.07) is 5.41. The Morgan fingerprint density at radius 2 is 2.06 bits per heavy atom. The molecule has 0 saturated heterocycles. The monoisotopic (exact) mass is 286 g/mol. The summed E-state index contributed by atoms with van der Waals surface area (Å²) in [5, 5.41) is 9.24. The first-order valence-electron chi connectivity index (χ1n) is 5.03. The van der Waals surface area contributed by atoms with E-state index in [9.17, 15) is 9.90 Å². The van der Waals surface area contributed by atoms with Gasteiger partial charge >= 0.3 is 5.97 Å². The number of hydrogen-bond donors (Lipinski definition) is 1.